The summed E-state index contributed by atoms with van der Waals surface area (Å²) in [4.78, 5) is 23.9. The lowest BCUT2D eigenvalue weighted by molar-refractivity contribution is -0.373. The van der Waals surface area contributed by atoms with Crippen LogP contribution in [0.5, 0.6) is 0 Å². The molecule has 3 saturated heterocycles. The van der Waals surface area contributed by atoms with Crippen LogP contribution in [0.4, 0.5) is 0 Å². The second-order valence-corrected chi connectivity index (χ2v) is 14.0. The Morgan fingerprint density at radius 1 is 0.778 bits per heavy atom. The van der Waals surface area contributed by atoms with Crippen molar-refractivity contribution < 1.29 is 111 Å². The summed E-state index contributed by atoms with van der Waals surface area (Å²) >= 11 is 0. The summed E-state index contributed by atoms with van der Waals surface area (Å²) in [5.41, 5.74) is 0. The Balaban J connectivity index is 1.89. The topological polar surface area (TPSA) is 400 Å². The summed E-state index contributed by atoms with van der Waals surface area (Å²) in [5, 5.41) is 120. The van der Waals surface area contributed by atoms with Crippen molar-refractivity contribution in [2.45, 2.75) is 137 Å². The molecule has 3 aliphatic rings. The number of nitrogens with one attached hydrogen (secondary N) is 2. The molecule has 0 spiro atoms. The molecule has 3 fully saturated rings. The van der Waals surface area contributed by atoms with Gasteiger partial charge in [0, 0.05) is 13.8 Å². The molecule has 14 N–H and O–H groups in total. The van der Waals surface area contributed by atoms with Crippen LogP contribution in [0.1, 0.15) is 20.8 Å². The highest BCUT2D eigenvalue weighted by Gasteiger charge is 2.52. The van der Waals surface area contributed by atoms with Gasteiger partial charge in [0.1, 0.15) is 85.4 Å². The molecule has 0 aromatic heterocycles. The van der Waals surface area contributed by atoms with Crippen molar-refractivity contribution in [3.63, 3.8) is 0 Å². The number of amides is 2. The van der Waals surface area contributed by atoms with Crippen LogP contribution < -0.4 is 10.6 Å². The van der Waals surface area contributed by atoms with Crippen LogP contribution in [-0.2, 0) is 52.6 Å². The van der Waals surface area contributed by atoms with Crippen molar-refractivity contribution in [2.24, 2.45) is 0 Å². The number of aliphatic hydroxyl groups is 11. The van der Waals surface area contributed by atoms with Crippen LogP contribution in [0.2, 0.25) is 0 Å². The zero-order chi connectivity index (χ0) is 40.8. The summed E-state index contributed by atoms with van der Waals surface area (Å²) in [6.07, 6.45) is -31.4. The highest BCUT2D eigenvalue weighted by atomic mass is 32.3. The Bertz CT molecular complexity index is 1320. The number of rotatable bonds is 17. The summed E-state index contributed by atoms with van der Waals surface area (Å²) in [6, 6.07) is -3.20. The molecule has 0 saturated carbocycles. The Morgan fingerprint density at radius 2 is 1.39 bits per heavy atom. The normalized spacial score (nSPS) is 39.9. The molecule has 0 aliphatic carbocycles. The minimum Gasteiger partial charge on any atom is -0.394 e. The van der Waals surface area contributed by atoms with E-state index in [1.807, 2.05) is 0 Å². The van der Waals surface area contributed by atoms with E-state index in [-0.39, 0.29) is 0 Å². The van der Waals surface area contributed by atoms with Gasteiger partial charge in [-0.1, -0.05) is 0 Å². The Labute approximate surface area is 307 Å². The van der Waals surface area contributed by atoms with Crippen molar-refractivity contribution in [3.05, 3.63) is 0 Å². The molecule has 0 aromatic rings. The van der Waals surface area contributed by atoms with Gasteiger partial charge in [0.15, 0.2) is 18.9 Å². The number of hydrogen-bond donors (Lipinski definition) is 14. The van der Waals surface area contributed by atoms with Gasteiger partial charge >= 0.3 is 10.4 Å². The Morgan fingerprint density at radius 3 is 1.94 bits per heavy atom. The van der Waals surface area contributed by atoms with E-state index in [0.717, 1.165) is 13.8 Å². The molecule has 3 rings (SSSR count). The first kappa shape index (κ1) is 46.5. The average Bonchev–Trinajstić information content (AvgIpc) is 3.10. The van der Waals surface area contributed by atoms with Gasteiger partial charge in [-0.3, -0.25) is 14.1 Å². The van der Waals surface area contributed by atoms with E-state index in [0.29, 0.717) is 0 Å². The van der Waals surface area contributed by atoms with Gasteiger partial charge in [0.2, 0.25) is 11.8 Å². The number of aliphatic hydroxyl groups excluding tert-OH is 11. The van der Waals surface area contributed by atoms with E-state index in [4.69, 9.17) is 33.0 Å². The van der Waals surface area contributed by atoms with Crippen molar-refractivity contribution in [1.82, 2.24) is 10.6 Å². The van der Waals surface area contributed by atoms with Gasteiger partial charge in [-0.2, -0.15) is 8.42 Å². The van der Waals surface area contributed by atoms with Crippen LogP contribution in [0, 0.1) is 0 Å². The molecule has 25 nitrogen and oxygen atoms in total. The van der Waals surface area contributed by atoms with Crippen LogP contribution in [0.3, 0.4) is 0 Å². The maximum absolute atomic E-state index is 12.1. The van der Waals surface area contributed by atoms with Crippen molar-refractivity contribution in [3.8, 4) is 0 Å². The molecule has 26 heteroatoms. The maximum atomic E-state index is 12.1. The zero-order valence-corrected chi connectivity index (χ0v) is 29.9. The third-order valence-corrected chi connectivity index (χ3v) is 9.25. The van der Waals surface area contributed by atoms with Gasteiger partial charge in [-0.05, 0) is 6.92 Å². The van der Waals surface area contributed by atoms with Gasteiger partial charge in [0.05, 0.1) is 38.6 Å². The standard InChI is InChI=1S/C28H50N2O23S/c1-8-16(36)21(41)23(43)27(49-8)53-25-22(42)18(38)13(5-32)50-28(25)52-24(11(4-31)29-9(2)33)17(37)12(35)6-47-26-15(30-10(3)34)20(40)19(39)14(51-26)7-48-54(44,45)46/h8,11-28,31-32,35-43H,4-7H2,1-3H3,(H,29,33)(H,30,34)(H,44,45,46)/t8-,11-,12+,13+,14+,15+,16+,17-,18-,19+,20+,21+,22-,23-,24+,25+,26+,27?,28-/m0/s1. The number of carbonyl (C=O) groups is 2. The monoisotopic (exact) mass is 814 g/mol. The van der Waals surface area contributed by atoms with Crippen LogP contribution in [0.25, 0.3) is 0 Å². The fraction of sp³-hybridized carbons (Fsp3) is 0.929. The average molecular weight is 815 g/mol. The second-order valence-electron chi connectivity index (χ2n) is 12.9. The summed E-state index contributed by atoms with van der Waals surface area (Å²) in [6.45, 7) is -0.621. The lowest BCUT2D eigenvalue weighted by atomic mass is 9.96. The number of ether oxygens (including phenoxy) is 6. The molecule has 19 atom stereocenters. The fourth-order valence-electron chi connectivity index (χ4n) is 5.92. The van der Waals surface area contributed by atoms with E-state index < -0.39 is 165 Å². The molecule has 1 unspecified atom stereocenters. The van der Waals surface area contributed by atoms with E-state index in [9.17, 15) is 74.2 Å². The highest BCUT2D eigenvalue weighted by molar-refractivity contribution is 7.80. The van der Waals surface area contributed by atoms with Crippen LogP contribution in [0.15, 0.2) is 0 Å². The molecular weight excluding hydrogens is 764 g/mol. The van der Waals surface area contributed by atoms with Crippen molar-refractivity contribution in [1.29, 1.82) is 0 Å². The first-order valence-electron chi connectivity index (χ1n) is 16.5. The largest absolute Gasteiger partial charge is 0.397 e. The minimum absolute atomic E-state index is 0.768. The number of hydrogen-bond acceptors (Lipinski definition) is 22. The highest BCUT2D eigenvalue weighted by Crippen LogP contribution is 2.31. The van der Waals surface area contributed by atoms with Gasteiger partial charge in [-0.25, -0.2) is 4.18 Å². The van der Waals surface area contributed by atoms with Crippen LogP contribution in [-0.4, -0.2) is 224 Å². The Hall–Kier alpha value is -1.87. The van der Waals surface area contributed by atoms with Gasteiger partial charge in [-0.15, -0.1) is 0 Å². The van der Waals surface area contributed by atoms with Gasteiger partial charge in [0.25, 0.3) is 0 Å². The Kier molecular flexibility index (Phi) is 17.2. The summed E-state index contributed by atoms with van der Waals surface area (Å²) in [5.74, 6) is -1.56. The zero-order valence-electron chi connectivity index (χ0n) is 29.1. The lowest BCUT2D eigenvalue weighted by Gasteiger charge is -2.47. The summed E-state index contributed by atoms with van der Waals surface area (Å²) < 4.78 is 68.6. The molecule has 2 amide bonds. The van der Waals surface area contributed by atoms with Crippen molar-refractivity contribution in [2.75, 3.05) is 26.4 Å². The predicted octanol–water partition coefficient (Wildman–Crippen LogP) is -8.97. The molecular formula is C28H50N2O23S. The van der Waals surface area contributed by atoms with Crippen molar-refractivity contribution >= 4 is 22.2 Å². The third-order valence-electron chi connectivity index (χ3n) is 8.81. The minimum atomic E-state index is -5.05. The smallest absolute Gasteiger partial charge is 0.394 e. The molecule has 0 aromatic carbocycles. The van der Waals surface area contributed by atoms with Gasteiger partial charge < -0.3 is 95.2 Å². The van der Waals surface area contributed by atoms with E-state index in [2.05, 4.69) is 14.8 Å². The van der Waals surface area contributed by atoms with E-state index in [1.54, 1.807) is 0 Å². The third kappa shape index (κ3) is 11.8. The van der Waals surface area contributed by atoms with Crippen LogP contribution >= 0.6 is 0 Å². The predicted molar refractivity (Wildman–Crippen MR) is 168 cm³/mol. The second kappa shape index (κ2) is 20.0. The van der Waals surface area contributed by atoms with E-state index in [1.165, 1.54) is 6.92 Å². The molecule has 0 radical (unpaired) electrons. The molecule has 0 bridgehead atoms. The SMILES string of the molecule is CC(=O)N[C@H]1[C@H](OC[C@@H](O)[C@H](O)[C@H](O[C@@H]2O[C@H](CO)[C@H](O)[C@H](O)[C@H]2OC2O[C@@H](C)[C@@H](O)[C@@H](O)[C@@H]2O)[C@H](CO)NC(C)=O)O[C@H](COS(=O)(=O)O)[C@@H](O)[C@@H]1O. The van der Waals surface area contributed by atoms with E-state index >= 15 is 0 Å². The molecule has 316 valence electrons. The lowest BCUT2D eigenvalue weighted by Crippen LogP contribution is -2.66. The molecule has 3 aliphatic heterocycles. The maximum Gasteiger partial charge on any atom is 0.397 e. The summed E-state index contributed by atoms with van der Waals surface area (Å²) in [7, 11) is -5.05. The quantitative estimate of drug-likeness (QED) is 0.0606. The first-order valence-corrected chi connectivity index (χ1v) is 17.9. The fourth-order valence-corrected chi connectivity index (χ4v) is 6.22. The number of carbonyl (C=O) groups excluding carboxylic acids is 2. The molecule has 54 heavy (non-hydrogen) atoms. The molecule has 3 heterocycles. The first-order chi connectivity index (χ1) is 25.1.